The Balaban J connectivity index is 0.00000264. The molecule has 0 atom stereocenters. The van der Waals surface area contributed by atoms with Gasteiger partial charge in [-0.15, -0.1) is 24.0 Å². The van der Waals surface area contributed by atoms with Gasteiger partial charge in [0.25, 0.3) is 0 Å². The van der Waals surface area contributed by atoms with E-state index in [1.165, 1.54) is 32.1 Å². The number of guanidine groups is 1. The van der Waals surface area contributed by atoms with Gasteiger partial charge in [-0.05, 0) is 31.6 Å². The third-order valence-corrected chi connectivity index (χ3v) is 4.93. The molecular weight excluding hydrogens is 403 g/mol. The van der Waals surface area contributed by atoms with Crippen molar-refractivity contribution in [3.63, 3.8) is 0 Å². The van der Waals surface area contributed by atoms with Crippen molar-refractivity contribution >= 4 is 35.8 Å². The highest BCUT2D eigenvalue weighted by atomic mass is 127. The minimum absolute atomic E-state index is 0. The molecule has 23 heavy (non-hydrogen) atoms. The molecule has 1 spiro atoms. The molecule has 6 heteroatoms. The zero-order valence-corrected chi connectivity index (χ0v) is 17.2. The molecule has 2 rings (SSSR count). The Hall–Kier alpha value is -0.530. The third-order valence-electron chi connectivity index (χ3n) is 4.93. The number of halogens is 1. The molecule has 0 aromatic heterocycles. The molecule has 1 heterocycles. The van der Waals surface area contributed by atoms with Crippen molar-refractivity contribution in [2.75, 3.05) is 32.7 Å². The Labute approximate surface area is 158 Å². The van der Waals surface area contributed by atoms with Crippen molar-refractivity contribution < 1.29 is 4.79 Å². The number of carbonyl (C=O) groups excluding carboxylic acids is 1. The number of nitrogens with zero attached hydrogens (tertiary/aromatic N) is 2. The summed E-state index contributed by atoms with van der Waals surface area (Å²) < 4.78 is 0. The van der Waals surface area contributed by atoms with Crippen LogP contribution in [0, 0.1) is 11.3 Å². The second-order valence-corrected chi connectivity index (χ2v) is 7.06. The van der Waals surface area contributed by atoms with E-state index in [4.69, 9.17) is 4.99 Å². The number of aliphatic imine (C=N–C) groups is 1. The first-order valence-electron chi connectivity index (χ1n) is 8.87. The van der Waals surface area contributed by atoms with Gasteiger partial charge in [0.2, 0.25) is 5.91 Å². The van der Waals surface area contributed by atoms with Gasteiger partial charge in [-0.2, -0.15) is 0 Å². The molecule has 2 aliphatic rings. The average Bonchev–Trinajstić information content (AvgIpc) is 3.12. The van der Waals surface area contributed by atoms with Crippen LogP contribution in [0.5, 0.6) is 0 Å². The van der Waals surface area contributed by atoms with Crippen molar-refractivity contribution in [1.82, 2.24) is 15.5 Å². The van der Waals surface area contributed by atoms with E-state index in [1.807, 2.05) is 13.8 Å². The van der Waals surface area contributed by atoms with Crippen molar-refractivity contribution in [3.8, 4) is 0 Å². The third kappa shape index (κ3) is 5.80. The maximum absolute atomic E-state index is 11.6. The van der Waals surface area contributed by atoms with Crippen molar-refractivity contribution in [3.05, 3.63) is 0 Å². The summed E-state index contributed by atoms with van der Waals surface area (Å²) in [6.45, 7) is 10.3. The van der Waals surface area contributed by atoms with Gasteiger partial charge in [-0.25, -0.2) is 0 Å². The Kier molecular flexibility index (Phi) is 8.64. The Morgan fingerprint density at radius 3 is 2.52 bits per heavy atom. The van der Waals surface area contributed by atoms with Crippen LogP contribution in [0.3, 0.4) is 0 Å². The Morgan fingerprint density at radius 1 is 1.22 bits per heavy atom. The number of rotatable bonds is 5. The van der Waals surface area contributed by atoms with Gasteiger partial charge in [0.05, 0.1) is 6.54 Å². The first kappa shape index (κ1) is 20.5. The number of carbonyl (C=O) groups is 1. The normalized spacial score (nSPS) is 20.0. The van der Waals surface area contributed by atoms with Gasteiger partial charge in [0.1, 0.15) is 0 Å². The first-order chi connectivity index (χ1) is 10.6. The molecular formula is C17H33IN4O. The molecule has 0 radical (unpaired) electrons. The van der Waals surface area contributed by atoms with Gasteiger partial charge < -0.3 is 15.5 Å². The molecule has 5 nitrogen and oxygen atoms in total. The van der Waals surface area contributed by atoms with Gasteiger partial charge in [-0.1, -0.05) is 26.7 Å². The number of amides is 1. The molecule has 1 saturated heterocycles. The summed E-state index contributed by atoms with van der Waals surface area (Å²) in [6.07, 6.45) is 6.85. The summed E-state index contributed by atoms with van der Waals surface area (Å²) in [5.41, 5.74) is 0.558. The second-order valence-electron chi connectivity index (χ2n) is 7.06. The van der Waals surface area contributed by atoms with Crippen LogP contribution in [0.1, 0.15) is 52.9 Å². The van der Waals surface area contributed by atoms with Crippen LogP contribution < -0.4 is 10.6 Å². The SMILES string of the molecule is CCNC(=NCCNC(=O)C(C)C)N1CCC2(CCCC2)C1.I. The minimum Gasteiger partial charge on any atom is -0.357 e. The predicted molar refractivity (Wildman–Crippen MR) is 106 cm³/mol. The van der Waals surface area contributed by atoms with Crippen LogP contribution in [0.2, 0.25) is 0 Å². The van der Waals surface area contributed by atoms with E-state index in [-0.39, 0.29) is 35.8 Å². The molecule has 134 valence electrons. The van der Waals surface area contributed by atoms with E-state index in [0.29, 0.717) is 18.5 Å². The molecule has 2 N–H and O–H groups in total. The molecule has 1 saturated carbocycles. The van der Waals surface area contributed by atoms with Crippen LogP contribution in [0.15, 0.2) is 4.99 Å². The van der Waals surface area contributed by atoms with Crippen LogP contribution >= 0.6 is 24.0 Å². The van der Waals surface area contributed by atoms with Gasteiger partial charge in [-0.3, -0.25) is 9.79 Å². The standard InChI is InChI=1S/C17H32N4O.HI/c1-4-18-16(20-11-10-19-15(22)14(2)3)21-12-9-17(13-21)7-5-6-8-17;/h14H,4-13H2,1-3H3,(H,18,20)(H,19,22);1H. The van der Waals surface area contributed by atoms with E-state index < -0.39 is 0 Å². The summed E-state index contributed by atoms with van der Waals surface area (Å²) in [4.78, 5) is 18.7. The largest absolute Gasteiger partial charge is 0.357 e. The Morgan fingerprint density at radius 2 is 1.91 bits per heavy atom. The fourth-order valence-corrected chi connectivity index (χ4v) is 3.62. The van der Waals surface area contributed by atoms with Crippen LogP contribution in [-0.4, -0.2) is 49.5 Å². The average molecular weight is 436 g/mol. The maximum Gasteiger partial charge on any atom is 0.222 e. The van der Waals surface area contributed by atoms with E-state index in [9.17, 15) is 4.79 Å². The lowest BCUT2D eigenvalue weighted by Gasteiger charge is -2.26. The molecule has 0 aromatic rings. The smallest absolute Gasteiger partial charge is 0.222 e. The molecule has 0 aromatic carbocycles. The highest BCUT2D eigenvalue weighted by Crippen LogP contribution is 2.45. The summed E-state index contributed by atoms with van der Waals surface area (Å²) in [7, 11) is 0. The lowest BCUT2D eigenvalue weighted by atomic mass is 9.86. The summed E-state index contributed by atoms with van der Waals surface area (Å²) in [5, 5.41) is 6.33. The number of likely N-dealkylation sites (tertiary alicyclic amines) is 1. The molecule has 1 aliphatic carbocycles. The van der Waals surface area contributed by atoms with Crippen LogP contribution in [0.4, 0.5) is 0 Å². The molecule has 1 aliphatic heterocycles. The lowest BCUT2D eigenvalue weighted by Crippen LogP contribution is -2.41. The molecule has 0 unspecified atom stereocenters. The van der Waals surface area contributed by atoms with Crippen LogP contribution in [-0.2, 0) is 4.79 Å². The molecule has 2 fully saturated rings. The van der Waals surface area contributed by atoms with E-state index in [1.54, 1.807) is 0 Å². The minimum atomic E-state index is 0. The Bertz CT molecular complexity index is 405. The zero-order valence-electron chi connectivity index (χ0n) is 14.9. The topological polar surface area (TPSA) is 56.7 Å². The van der Waals surface area contributed by atoms with Crippen molar-refractivity contribution in [2.24, 2.45) is 16.3 Å². The lowest BCUT2D eigenvalue weighted by molar-refractivity contribution is -0.123. The highest BCUT2D eigenvalue weighted by molar-refractivity contribution is 14.0. The quantitative estimate of drug-likeness (QED) is 0.302. The highest BCUT2D eigenvalue weighted by Gasteiger charge is 2.41. The zero-order chi connectivity index (χ0) is 16.0. The van der Waals surface area contributed by atoms with Crippen molar-refractivity contribution in [2.45, 2.75) is 52.9 Å². The van der Waals surface area contributed by atoms with Gasteiger partial charge in [0.15, 0.2) is 5.96 Å². The number of hydrogen-bond donors (Lipinski definition) is 2. The molecule has 0 bridgehead atoms. The van der Waals surface area contributed by atoms with E-state index in [0.717, 1.165) is 25.6 Å². The van der Waals surface area contributed by atoms with Gasteiger partial charge >= 0.3 is 0 Å². The fraction of sp³-hybridized carbons (Fsp3) is 0.882. The fourth-order valence-electron chi connectivity index (χ4n) is 3.62. The molecule has 1 amide bonds. The summed E-state index contributed by atoms with van der Waals surface area (Å²) in [6, 6.07) is 0. The maximum atomic E-state index is 11.6. The second kappa shape index (κ2) is 9.69. The first-order valence-corrected chi connectivity index (χ1v) is 8.87. The number of nitrogens with one attached hydrogen (secondary N) is 2. The monoisotopic (exact) mass is 436 g/mol. The predicted octanol–water partition coefficient (Wildman–Crippen LogP) is 2.61. The van der Waals surface area contributed by atoms with Crippen molar-refractivity contribution in [1.29, 1.82) is 0 Å². The van der Waals surface area contributed by atoms with Gasteiger partial charge in [0, 0.05) is 32.1 Å². The van der Waals surface area contributed by atoms with E-state index >= 15 is 0 Å². The number of hydrogen-bond acceptors (Lipinski definition) is 2. The van der Waals surface area contributed by atoms with Crippen LogP contribution in [0.25, 0.3) is 0 Å². The summed E-state index contributed by atoms with van der Waals surface area (Å²) >= 11 is 0. The van der Waals surface area contributed by atoms with E-state index in [2.05, 4.69) is 22.5 Å². The summed E-state index contributed by atoms with van der Waals surface area (Å²) in [5.74, 6) is 1.16.